The lowest BCUT2D eigenvalue weighted by Gasteiger charge is -2.39. The van der Waals surface area contributed by atoms with Crippen molar-refractivity contribution in [2.45, 2.75) is 37.6 Å². The molecule has 1 amide bonds. The third-order valence-electron chi connectivity index (χ3n) is 6.98. The van der Waals surface area contributed by atoms with E-state index < -0.39 is 23.7 Å². The maximum Gasteiger partial charge on any atom is 0.416 e. The molecule has 7 nitrogen and oxygen atoms in total. The van der Waals surface area contributed by atoms with Crippen LogP contribution in [-0.4, -0.2) is 42.5 Å². The van der Waals surface area contributed by atoms with E-state index in [4.69, 9.17) is 14.2 Å². The van der Waals surface area contributed by atoms with E-state index in [1.54, 1.807) is 38.5 Å². The molecule has 1 saturated carbocycles. The van der Waals surface area contributed by atoms with Gasteiger partial charge in [0.1, 0.15) is 17.1 Å². The fraction of sp³-hybridized carbons (Fsp3) is 0.321. The summed E-state index contributed by atoms with van der Waals surface area (Å²) >= 11 is 0. The predicted molar refractivity (Wildman–Crippen MR) is 134 cm³/mol. The minimum Gasteiger partial charge on any atom is -0.497 e. The van der Waals surface area contributed by atoms with Crippen molar-refractivity contribution in [1.82, 2.24) is 15.5 Å². The van der Waals surface area contributed by atoms with Gasteiger partial charge >= 0.3 is 6.18 Å². The van der Waals surface area contributed by atoms with Gasteiger partial charge in [0.05, 0.1) is 30.3 Å². The fourth-order valence-electron chi connectivity index (χ4n) is 5.07. The smallest absolute Gasteiger partial charge is 0.416 e. The Labute approximate surface area is 217 Å². The van der Waals surface area contributed by atoms with Crippen molar-refractivity contribution < 1.29 is 32.2 Å². The van der Waals surface area contributed by atoms with E-state index in [9.17, 15) is 18.0 Å². The molecule has 1 heterocycles. The second-order valence-electron chi connectivity index (χ2n) is 9.22. The van der Waals surface area contributed by atoms with Crippen molar-refractivity contribution in [1.29, 1.82) is 0 Å². The number of benzene rings is 2. The van der Waals surface area contributed by atoms with Gasteiger partial charge in [-0.1, -0.05) is 24.3 Å². The van der Waals surface area contributed by atoms with Crippen LogP contribution >= 0.6 is 0 Å². The van der Waals surface area contributed by atoms with Crippen LogP contribution in [0.3, 0.4) is 0 Å². The number of halogens is 3. The molecule has 1 aromatic heterocycles. The van der Waals surface area contributed by atoms with E-state index in [2.05, 4.69) is 15.5 Å². The van der Waals surface area contributed by atoms with Gasteiger partial charge in [0.25, 0.3) is 11.8 Å². The summed E-state index contributed by atoms with van der Waals surface area (Å²) in [5.41, 5.74) is 0.642. The zero-order chi connectivity index (χ0) is 26.9. The lowest BCUT2D eigenvalue weighted by molar-refractivity contribution is -0.137. The molecule has 3 aromatic rings. The molecule has 1 N–H and O–H groups in total. The number of carbonyl (C=O) groups excluding carboxylic acids is 1. The number of aromatic nitrogens is 2. The van der Waals surface area contributed by atoms with Gasteiger partial charge in [0.15, 0.2) is 0 Å². The lowest BCUT2D eigenvalue weighted by atomic mass is 9.75. The number of alkyl halides is 3. The SMILES string of the molecule is COC1=CCC2CC[C@H](OC)[C@H](NC(=O)c3c(Oc4cccc(C(F)(F)F)c4)nnc4ccccc34)C2=C1. The van der Waals surface area contributed by atoms with Gasteiger partial charge in [-0.05, 0) is 67.2 Å². The number of rotatable bonds is 6. The highest BCUT2D eigenvalue weighted by molar-refractivity contribution is 6.08. The molecule has 10 heteroatoms. The molecule has 1 unspecified atom stereocenters. The fourth-order valence-corrected chi connectivity index (χ4v) is 5.07. The van der Waals surface area contributed by atoms with Crippen LogP contribution < -0.4 is 10.1 Å². The first kappa shape index (κ1) is 25.7. The summed E-state index contributed by atoms with van der Waals surface area (Å²) in [6.45, 7) is 0. The summed E-state index contributed by atoms with van der Waals surface area (Å²) in [5.74, 6) is 0.142. The number of nitrogens with zero attached hydrogens (tertiary/aromatic N) is 2. The molecular weight excluding hydrogens is 499 g/mol. The molecule has 2 aliphatic carbocycles. The molecule has 0 spiro atoms. The Balaban J connectivity index is 1.53. The predicted octanol–water partition coefficient (Wildman–Crippen LogP) is 5.82. The zero-order valence-electron chi connectivity index (χ0n) is 20.8. The molecular formula is C28H26F3N3O4. The van der Waals surface area contributed by atoms with E-state index >= 15 is 0 Å². The molecule has 38 heavy (non-hydrogen) atoms. The van der Waals surface area contributed by atoms with Crippen LogP contribution in [0.5, 0.6) is 11.6 Å². The number of allylic oxidation sites excluding steroid dienone is 2. The van der Waals surface area contributed by atoms with Gasteiger partial charge in [-0.15, -0.1) is 10.2 Å². The molecule has 0 aliphatic heterocycles. The third kappa shape index (κ3) is 5.08. The Morgan fingerprint density at radius 1 is 1.05 bits per heavy atom. The van der Waals surface area contributed by atoms with Crippen LogP contribution in [0, 0.1) is 5.92 Å². The highest BCUT2D eigenvalue weighted by Crippen LogP contribution is 2.39. The number of nitrogens with one attached hydrogen (secondary N) is 1. The van der Waals surface area contributed by atoms with Crippen molar-refractivity contribution >= 4 is 16.8 Å². The van der Waals surface area contributed by atoms with Crippen molar-refractivity contribution in [2.24, 2.45) is 5.92 Å². The second kappa shape index (κ2) is 10.4. The number of methoxy groups -OCH3 is 2. The summed E-state index contributed by atoms with van der Waals surface area (Å²) in [6, 6.07) is 10.8. The van der Waals surface area contributed by atoms with Crippen LogP contribution in [-0.2, 0) is 15.7 Å². The average Bonchev–Trinajstić information content (AvgIpc) is 2.92. The monoisotopic (exact) mass is 525 g/mol. The van der Waals surface area contributed by atoms with Crippen LogP contribution in [0.25, 0.3) is 10.9 Å². The van der Waals surface area contributed by atoms with Gasteiger partial charge in [-0.2, -0.15) is 13.2 Å². The van der Waals surface area contributed by atoms with Crippen molar-refractivity contribution in [2.75, 3.05) is 14.2 Å². The molecule has 5 rings (SSSR count). The summed E-state index contributed by atoms with van der Waals surface area (Å²) in [7, 11) is 3.20. The number of ether oxygens (including phenoxy) is 3. The highest BCUT2D eigenvalue weighted by Gasteiger charge is 2.38. The molecule has 2 aliphatic rings. The number of hydrogen-bond acceptors (Lipinski definition) is 6. The Kier molecular flexibility index (Phi) is 7.07. The minimum atomic E-state index is -4.55. The molecule has 1 fully saturated rings. The van der Waals surface area contributed by atoms with E-state index in [0.717, 1.165) is 42.7 Å². The number of carbonyl (C=O) groups is 1. The zero-order valence-corrected chi connectivity index (χ0v) is 20.8. The van der Waals surface area contributed by atoms with E-state index in [0.29, 0.717) is 10.9 Å². The number of amides is 1. The Hall–Kier alpha value is -3.92. The summed E-state index contributed by atoms with van der Waals surface area (Å²) in [4.78, 5) is 13.9. The second-order valence-corrected chi connectivity index (χ2v) is 9.22. The third-order valence-corrected chi connectivity index (χ3v) is 6.98. The van der Waals surface area contributed by atoms with E-state index in [-0.39, 0.29) is 29.2 Å². The Morgan fingerprint density at radius 2 is 1.87 bits per heavy atom. The quantitative estimate of drug-likeness (QED) is 0.437. The van der Waals surface area contributed by atoms with Crippen LogP contribution in [0.2, 0.25) is 0 Å². The van der Waals surface area contributed by atoms with Gasteiger partial charge < -0.3 is 19.5 Å². The van der Waals surface area contributed by atoms with Gasteiger partial charge in [0.2, 0.25) is 0 Å². The van der Waals surface area contributed by atoms with Crippen LogP contribution in [0.15, 0.2) is 72.0 Å². The number of fused-ring (bicyclic) bond motifs is 2. The van der Waals surface area contributed by atoms with E-state index in [1.165, 1.54) is 12.1 Å². The standard InChI is InChI=1S/C28H26F3N3O4/c1-36-18-12-10-16-11-13-23(37-2)25(21(16)15-18)32-26(35)24-20-8-3-4-9-22(20)33-34-27(24)38-19-7-5-6-17(14-19)28(29,30)31/h3-9,12,14-16,23,25H,10-11,13H2,1-2H3,(H,32,35)/t16?,23-,25+/m0/s1. The lowest BCUT2D eigenvalue weighted by Crippen LogP contribution is -2.50. The Morgan fingerprint density at radius 3 is 2.63 bits per heavy atom. The first-order valence-electron chi connectivity index (χ1n) is 12.2. The van der Waals surface area contributed by atoms with Crippen molar-refractivity contribution in [3.63, 3.8) is 0 Å². The van der Waals surface area contributed by atoms with Crippen molar-refractivity contribution in [3.8, 4) is 11.6 Å². The van der Waals surface area contributed by atoms with Gasteiger partial charge in [0, 0.05) is 12.5 Å². The largest absolute Gasteiger partial charge is 0.497 e. The van der Waals surface area contributed by atoms with Gasteiger partial charge in [-0.25, -0.2) is 0 Å². The summed E-state index contributed by atoms with van der Waals surface area (Å²) in [5, 5.41) is 11.7. The first-order chi connectivity index (χ1) is 18.3. The van der Waals surface area contributed by atoms with E-state index in [1.807, 2.05) is 12.2 Å². The molecule has 0 saturated heterocycles. The summed E-state index contributed by atoms with van der Waals surface area (Å²) < 4.78 is 56.7. The maximum atomic E-state index is 13.9. The molecule has 0 radical (unpaired) electrons. The summed E-state index contributed by atoms with van der Waals surface area (Å²) in [6.07, 6.45) is 1.60. The minimum absolute atomic E-state index is 0.0731. The normalized spacial score (nSPS) is 21.2. The van der Waals surface area contributed by atoms with Gasteiger partial charge in [-0.3, -0.25) is 4.79 Å². The van der Waals surface area contributed by atoms with Crippen LogP contribution in [0.1, 0.15) is 35.2 Å². The average molecular weight is 526 g/mol. The Bertz CT molecular complexity index is 1420. The topological polar surface area (TPSA) is 82.6 Å². The highest BCUT2D eigenvalue weighted by atomic mass is 19.4. The number of hydrogen-bond donors (Lipinski definition) is 1. The first-order valence-corrected chi connectivity index (χ1v) is 12.2. The van der Waals surface area contributed by atoms with Crippen molar-refractivity contribution in [3.05, 3.63) is 83.1 Å². The molecule has 198 valence electrons. The molecule has 0 bridgehead atoms. The van der Waals surface area contributed by atoms with Crippen LogP contribution in [0.4, 0.5) is 13.2 Å². The maximum absolute atomic E-state index is 13.9. The molecule has 3 atom stereocenters. The molecule has 2 aromatic carbocycles.